The summed E-state index contributed by atoms with van der Waals surface area (Å²) in [6.45, 7) is -0.789. The minimum atomic E-state index is -3.92. The number of carbonyl (C=O) groups is 2. The molecule has 188 valence electrons. The second kappa shape index (κ2) is 12.0. The van der Waals surface area contributed by atoms with E-state index in [0.717, 1.165) is 0 Å². The zero-order chi connectivity index (χ0) is 26.1. The maximum Gasteiger partial charge on any atom is 0.251 e. The Hall–Kier alpha value is -4.47. The van der Waals surface area contributed by atoms with E-state index in [4.69, 9.17) is 9.47 Å². The number of nitrogens with one attached hydrogen (secondary N) is 2. The molecule has 9 heteroatoms. The van der Waals surface area contributed by atoms with Gasteiger partial charge < -0.3 is 14.8 Å². The van der Waals surface area contributed by atoms with Gasteiger partial charge in [-0.3, -0.25) is 9.59 Å². The van der Waals surface area contributed by atoms with Crippen molar-refractivity contribution in [3.05, 3.63) is 115 Å². The number of carbonyl (C=O) groups excluding carboxylic acids is 2. The monoisotopic (exact) mass is 516 g/mol. The van der Waals surface area contributed by atoms with E-state index in [1.807, 2.05) is 48.5 Å². The summed E-state index contributed by atoms with van der Waals surface area (Å²) < 4.78 is 38.6. The van der Waals surface area contributed by atoms with Gasteiger partial charge in [-0.2, -0.15) is 0 Å². The lowest BCUT2D eigenvalue weighted by Gasteiger charge is -2.09. The summed E-state index contributed by atoms with van der Waals surface area (Å²) in [6, 6.07) is 30.6. The van der Waals surface area contributed by atoms with Crippen molar-refractivity contribution in [1.82, 2.24) is 10.0 Å². The number of hydrogen-bond donors (Lipinski definition) is 2. The normalized spacial score (nSPS) is 10.9. The van der Waals surface area contributed by atoms with Gasteiger partial charge in [0, 0.05) is 5.56 Å². The third-order valence-corrected chi connectivity index (χ3v) is 6.53. The molecule has 0 aliphatic carbocycles. The van der Waals surface area contributed by atoms with Crippen LogP contribution in [-0.2, 0) is 14.8 Å². The van der Waals surface area contributed by atoms with Crippen LogP contribution in [0.3, 0.4) is 0 Å². The molecule has 0 radical (unpaired) electrons. The summed E-state index contributed by atoms with van der Waals surface area (Å²) in [5, 5.41) is 2.49. The SMILES string of the molecule is O=C(CNC(=O)c1ccc(Oc2ccccc2)cc1)CNS(=O)(=O)c1ccc(Oc2ccccc2)cc1. The Morgan fingerprint density at radius 1 is 0.595 bits per heavy atom. The first-order valence-electron chi connectivity index (χ1n) is 11.3. The quantitative estimate of drug-likeness (QED) is 0.303. The van der Waals surface area contributed by atoms with Gasteiger partial charge in [-0.25, -0.2) is 13.1 Å². The molecule has 4 rings (SSSR count). The van der Waals surface area contributed by atoms with Gasteiger partial charge >= 0.3 is 0 Å². The van der Waals surface area contributed by atoms with Crippen LogP contribution in [0.4, 0.5) is 0 Å². The van der Waals surface area contributed by atoms with E-state index in [-0.39, 0.29) is 11.4 Å². The van der Waals surface area contributed by atoms with Gasteiger partial charge in [-0.1, -0.05) is 36.4 Å². The minimum absolute atomic E-state index is 0.0115. The van der Waals surface area contributed by atoms with E-state index in [0.29, 0.717) is 28.6 Å². The number of amides is 1. The Morgan fingerprint density at radius 3 is 1.57 bits per heavy atom. The van der Waals surface area contributed by atoms with Crippen LogP contribution in [0.25, 0.3) is 0 Å². The van der Waals surface area contributed by atoms with Crippen molar-refractivity contribution < 1.29 is 27.5 Å². The van der Waals surface area contributed by atoms with Gasteiger partial charge in [0.15, 0.2) is 5.78 Å². The fourth-order valence-electron chi connectivity index (χ4n) is 3.21. The third kappa shape index (κ3) is 7.50. The van der Waals surface area contributed by atoms with Crippen molar-refractivity contribution in [2.75, 3.05) is 13.1 Å². The van der Waals surface area contributed by atoms with Crippen LogP contribution in [0.1, 0.15) is 10.4 Å². The average Bonchev–Trinajstić information content (AvgIpc) is 2.92. The summed E-state index contributed by atoms with van der Waals surface area (Å²) in [6.07, 6.45) is 0. The molecule has 0 heterocycles. The molecule has 0 aliphatic heterocycles. The standard InChI is InChI=1S/C28H24N2O6S/c31-22(19-29-28(32)21-11-13-25(14-12-21)35-23-7-3-1-4-8-23)20-30-37(33,34)27-17-15-26(16-18-27)36-24-9-5-2-6-10-24/h1-18,30H,19-20H2,(H,29,32). The second-order valence-electron chi connectivity index (χ2n) is 7.87. The maximum atomic E-state index is 12.5. The molecule has 4 aromatic rings. The fraction of sp³-hybridized carbons (Fsp3) is 0.0714. The highest BCUT2D eigenvalue weighted by Gasteiger charge is 2.16. The van der Waals surface area contributed by atoms with Crippen LogP contribution in [0, 0.1) is 0 Å². The van der Waals surface area contributed by atoms with E-state index in [1.54, 1.807) is 36.4 Å². The number of ether oxygens (including phenoxy) is 2. The molecule has 0 aromatic heterocycles. The number of hydrogen-bond acceptors (Lipinski definition) is 6. The maximum absolute atomic E-state index is 12.5. The molecule has 0 aliphatic rings. The second-order valence-corrected chi connectivity index (χ2v) is 9.64. The average molecular weight is 517 g/mol. The molecule has 0 fully saturated rings. The van der Waals surface area contributed by atoms with Crippen molar-refractivity contribution in [2.45, 2.75) is 4.90 Å². The van der Waals surface area contributed by atoms with Gasteiger partial charge in [0.2, 0.25) is 10.0 Å². The van der Waals surface area contributed by atoms with Crippen molar-refractivity contribution in [3.8, 4) is 23.0 Å². The molecule has 0 saturated carbocycles. The first-order chi connectivity index (χ1) is 17.9. The largest absolute Gasteiger partial charge is 0.457 e. The summed E-state index contributed by atoms with van der Waals surface area (Å²) in [7, 11) is -3.92. The van der Waals surface area contributed by atoms with Gasteiger partial charge in [0.1, 0.15) is 23.0 Å². The van der Waals surface area contributed by atoms with Crippen molar-refractivity contribution in [1.29, 1.82) is 0 Å². The Labute approximate surface area is 214 Å². The molecule has 37 heavy (non-hydrogen) atoms. The van der Waals surface area contributed by atoms with Crippen LogP contribution in [0.2, 0.25) is 0 Å². The Morgan fingerprint density at radius 2 is 1.05 bits per heavy atom. The van der Waals surface area contributed by atoms with Gasteiger partial charge in [-0.05, 0) is 72.8 Å². The number of benzene rings is 4. The van der Waals surface area contributed by atoms with Crippen LogP contribution in [-0.4, -0.2) is 33.2 Å². The molecule has 1 amide bonds. The summed E-state index contributed by atoms with van der Waals surface area (Å²) in [5.41, 5.74) is 0.339. The number of para-hydroxylation sites is 2. The van der Waals surface area contributed by atoms with E-state index in [2.05, 4.69) is 10.0 Å². The van der Waals surface area contributed by atoms with Gasteiger partial charge in [-0.15, -0.1) is 0 Å². The Kier molecular flexibility index (Phi) is 8.29. The van der Waals surface area contributed by atoms with E-state index >= 15 is 0 Å². The summed E-state index contributed by atoms with van der Waals surface area (Å²) in [4.78, 5) is 24.5. The predicted molar refractivity (Wildman–Crippen MR) is 138 cm³/mol. The molecule has 0 bridgehead atoms. The predicted octanol–water partition coefficient (Wildman–Crippen LogP) is 4.55. The fourth-order valence-corrected chi connectivity index (χ4v) is 4.22. The zero-order valence-electron chi connectivity index (χ0n) is 19.7. The summed E-state index contributed by atoms with van der Waals surface area (Å²) in [5.74, 6) is 1.38. The first kappa shape index (κ1) is 25.6. The minimum Gasteiger partial charge on any atom is -0.457 e. The highest BCUT2D eigenvalue weighted by Crippen LogP contribution is 2.23. The van der Waals surface area contributed by atoms with Crippen LogP contribution < -0.4 is 19.5 Å². The van der Waals surface area contributed by atoms with E-state index in [1.165, 1.54) is 24.3 Å². The van der Waals surface area contributed by atoms with Gasteiger partial charge in [0.05, 0.1) is 18.0 Å². The molecule has 8 nitrogen and oxygen atoms in total. The number of rotatable bonds is 11. The highest BCUT2D eigenvalue weighted by atomic mass is 32.2. The first-order valence-corrected chi connectivity index (χ1v) is 12.8. The van der Waals surface area contributed by atoms with Crippen LogP contribution in [0.5, 0.6) is 23.0 Å². The van der Waals surface area contributed by atoms with Crippen molar-refractivity contribution in [2.24, 2.45) is 0 Å². The Balaban J connectivity index is 1.23. The highest BCUT2D eigenvalue weighted by molar-refractivity contribution is 7.89. The van der Waals surface area contributed by atoms with Crippen molar-refractivity contribution >= 4 is 21.7 Å². The lowest BCUT2D eigenvalue weighted by molar-refractivity contribution is -0.117. The van der Waals surface area contributed by atoms with Crippen LogP contribution >= 0.6 is 0 Å². The topological polar surface area (TPSA) is 111 Å². The molecular formula is C28H24N2O6S. The lowest BCUT2D eigenvalue weighted by Crippen LogP contribution is -2.36. The number of ketones is 1. The number of Topliss-reactive ketones (excluding diaryl/α,β-unsaturated/α-hetero) is 1. The third-order valence-electron chi connectivity index (χ3n) is 5.11. The lowest BCUT2D eigenvalue weighted by atomic mass is 10.2. The molecule has 0 saturated heterocycles. The Bertz CT molecular complexity index is 1440. The van der Waals surface area contributed by atoms with Crippen LogP contribution in [0.15, 0.2) is 114 Å². The zero-order valence-corrected chi connectivity index (χ0v) is 20.5. The molecule has 4 aromatic carbocycles. The molecule has 2 N–H and O–H groups in total. The van der Waals surface area contributed by atoms with E-state index < -0.39 is 28.3 Å². The smallest absolute Gasteiger partial charge is 0.251 e. The summed E-state index contributed by atoms with van der Waals surface area (Å²) >= 11 is 0. The molecule has 0 unspecified atom stereocenters. The molecule has 0 atom stereocenters. The molecule has 0 spiro atoms. The van der Waals surface area contributed by atoms with E-state index in [9.17, 15) is 18.0 Å². The number of sulfonamides is 1. The van der Waals surface area contributed by atoms with Crippen molar-refractivity contribution in [3.63, 3.8) is 0 Å². The van der Waals surface area contributed by atoms with Gasteiger partial charge in [0.25, 0.3) is 5.91 Å². The molecular weight excluding hydrogens is 492 g/mol.